The average Bonchev–Trinajstić information content (AvgIpc) is 2.69. The van der Waals surface area contributed by atoms with Crippen molar-refractivity contribution in [3.63, 3.8) is 0 Å². The van der Waals surface area contributed by atoms with Crippen LogP contribution in [-0.4, -0.2) is 33.6 Å². The van der Waals surface area contributed by atoms with Crippen LogP contribution < -0.4 is 10.6 Å². The molecule has 2 fully saturated rings. The molecular weight excluding hydrogens is 304 g/mol. The number of hydrogen-bond donors (Lipinski definition) is 2. The van der Waals surface area contributed by atoms with E-state index in [0.29, 0.717) is 35.8 Å². The molecule has 1 atom stereocenters. The van der Waals surface area contributed by atoms with Crippen molar-refractivity contribution >= 4 is 34.9 Å². The quantitative estimate of drug-likeness (QED) is 0.794. The van der Waals surface area contributed by atoms with Crippen LogP contribution >= 0.6 is 11.8 Å². The minimum absolute atomic E-state index is 0.0540. The lowest BCUT2D eigenvalue weighted by Crippen LogP contribution is -2.21. The van der Waals surface area contributed by atoms with E-state index in [1.807, 2.05) is 0 Å². The van der Waals surface area contributed by atoms with Gasteiger partial charge in [-0.2, -0.15) is 0 Å². The molecule has 114 valence electrons. The first kappa shape index (κ1) is 14.7. The molecule has 0 radical (unpaired) electrons. The summed E-state index contributed by atoms with van der Waals surface area (Å²) in [6.07, 6.45) is 5.18. The maximum Gasteiger partial charge on any atom is 0.290 e. The summed E-state index contributed by atoms with van der Waals surface area (Å²) >= 11 is 0.860. The fourth-order valence-electron chi connectivity index (χ4n) is 2.40. The van der Waals surface area contributed by atoms with Gasteiger partial charge in [-0.05, 0) is 36.7 Å². The van der Waals surface area contributed by atoms with Gasteiger partial charge in [0.1, 0.15) is 5.82 Å². The van der Waals surface area contributed by atoms with Gasteiger partial charge in [-0.15, -0.1) is 0 Å². The van der Waals surface area contributed by atoms with Gasteiger partial charge in [0, 0.05) is 25.1 Å². The maximum absolute atomic E-state index is 11.5. The molecule has 2 aliphatic rings. The number of carbonyl (C=O) groups excluding carboxylic acids is 3. The number of amides is 3. The van der Waals surface area contributed by atoms with Crippen LogP contribution in [0.1, 0.15) is 36.7 Å². The Balaban J connectivity index is 1.80. The van der Waals surface area contributed by atoms with E-state index in [0.717, 1.165) is 18.2 Å². The highest BCUT2D eigenvalue weighted by Gasteiger charge is 2.25. The highest BCUT2D eigenvalue weighted by atomic mass is 32.2. The Kier molecular flexibility index (Phi) is 4.19. The summed E-state index contributed by atoms with van der Waals surface area (Å²) in [6, 6.07) is 1.69. The van der Waals surface area contributed by atoms with Crippen molar-refractivity contribution in [3.05, 3.63) is 28.7 Å². The molecular formula is C14H14N4O3S. The molecule has 2 N–H and O–H groups in total. The van der Waals surface area contributed by atoms with Gasteiger partial charge in [0.2, 0.25) is 5.91 Å². The molecule has 1 aromatic heterocycles. The number of hydrogen-bond acceptors (Lipinski definition) is 6. The normalized spacial score (nSPS) is 24.1. The Labute approximate surface area is 131 Å². The first-order chi connectivity index (χ1) is 10.6. The Morgan fingerprint density at radius 3 is 2.91 bits per heavy atom. The van der Waals surface area contributed by atoms with Crippen molar-refractivity contribution in [2.75, 3.05) is 6.54 Å². The predicted octanol–water partition coefficient (Wildman–Crippen LogP) is 1.18. The Bertz CT molecular complexity index is 674. The highest BCUT2D eigenvalue weighted by Crippen LogP contribution is 2.26. The van der Waals surface area contributed by atoms with E-state index in [1.165, 1.54) is 0 Å². The molecule has 1 unspecified atom stereocenters. The monoisotopic (exact) mass is 318 g/mol. The Hall–Kier alpha value is -2.22. The van der Waals surface area contributed by atoms with Gasteiger partial charge in [0.15, 0.2) is 0 Å². The molecule has 0 aliphatic carbocycles. The van der Waals surface area contributed by atoms with Gasteiger partial charge in [0.05, 0.1) is 10.6 Å². The molecule has 0 saturated carbocycles. The van der Waals surface area contributed by atoms with Crippen LogP contribution in [0.3, 0.4) is 0 Å². The van der Waals surface area contributed by atoms with Gasteiger partial charge in [-0.3, -0.25) is 19.7 Å². The number of thioether (sulfide) groups is 1. The molecule has 3 amide bonds. The average molecular weight is 318 g/mol. The zero-order chi connectivity index (χ0) is 15.5. The number of nitrogens with one attached hydrogen (secondary N) is 2. The second kappa shape index (κ2) is 6.27. The zero-order valence-corrected chi connectivity index (χ0v) is 12.5. The van der Waals surface area contributed by atoms with E-state index >= 15 is 0 Å². The number of nitrogens with zero attached hydrogens (tertiary/aromatic N) is 2. The predicted molar refractivity (Wildman–Crippen MR) is 80.7 cm³/mol. The first-order valence-corrected chi connectivity index (χ1v) is 7.78. The molecule has 0 spiro atoms. The van der Waals surface area contributed by atoms with E-state index in [4.69, 9.17) is 0 Å². The molecule has 7 nitrogen and oxygen atoms in total. The van der Waals surface area contributed by atoms with Crippen molar-refractivity contribution in [2.24, 2.45) is 0 Å². The Morgan fingerprint density at radius 2 is 2.14 bits per heavy atom. The van der Waals surface area contributed by atoms with E-state index in [-0.39, 0.29) is 17.1 Å². The van der Waals surface area contributed by atoms with Gasteiger partial charge < -0.3 is 5.32 Å². The number of rotatable bonds is 2. The molecule has 2 aliphatic heterocycles. The lowest BCUT2D eigenvalue weighted by molar-refractivity contribution is -0.120. The minimum Gasteiger partial charge on any atom is -0.356 e. The van der Waals surface area contributed by atoms with E-state index < -0.39 is 5.91 Å². The molecule has 1 aromatic rings. The molecule has 0 bridgehead atoms. The highest BCUT2D eigenvalue weighted by molar-refractivity contribution is 8.18. The molecule has 3 rings (SSSR count). The fraction of sp³-hybridized carbons (Fsp3) is 0.357. The van der Waals surface area contributed by atoms with Crippen LogP contribution in [0.4, 0.5) is 4.79 Å². The van der Waals surface area contributed by atoms with Gasteiger partial charge >= 0.3 is 0 Å². The van der Waals surface area contributed by atoms with E-state index in [9.17, 15) is 14.4 Å². The molecule has 0 aromatic carbocycles. The van der Waals surface area contributed by atoms with Gasteiger partial charge in [-0.1, -0.05) is 0 Å². The lowest BCUT2D eigenvalue weighted by atomic mass is 9.99. The second-order valence-electron chi connectivity index (χ2n) is 5.07. The minimum atomic E-state index is -0.403. The first-order valence-electron chi connectivity index (χ1n) is 6.96. The summed E-state index contributed by atoms with van der Waals surface area (Å²) in [7, 11) is 0. The smallest absolute Gasteiger partial charge is 0.290 e. The summed E-state index contributed by atoms with van der Waals surface area (Å²) in [5, 5.41) is 4.66. The van der Waals surface area contributed by atoms with Crippen LogP contribution in [0.15, 0.2) is 17.2 Å². The van der Waals surface area contributed by atoms with E-state index in [1.54, 1.807) is 18.3 Å². The molecule has 3 heterocycles. The van der Waals surface area contributed by atoms with Crippen molar-refractivity contribution in [1.29, 1.82) is 0 Å². The van der Waals surface area contributed by atoms with Crippen LogP contribution in [0.25, 0.3) is 6.08 Å². The van der Waals surface area contributed by atoms with Gasteiger partial charge in [-0.25, -0.2) is 9.97 Å². The summed E-state index contributed by atoms with van der Waals surface area (Å²) in [4.78, 5) is 43.2. The lowest BCUT2D eigenvalue weighted by Gasteiger charge is -2.11. The van der Waals surface area contributed by atoms with Crippen molar-refractivity contribution < 1.29 is 14.4 Å². The summed E-state index contributed by atoms with van der Waals surface area (Å²) in [5.74, 6) is 0.433. The largest absolute Gasteiger partial charge is 0.356 e. The van der Waals surface area contributed by atoms with Crippen LogP contribution in [0, 0.1) is 0 Å². The third-order valence-electron chi connectivity index (χ3n) is 3.52. The zero-order valence-electron chi connectivity index (χ0n) is 11.7. The SMILES string of the molecule is O=C1CCC(c2nccc(C=C3SC(=O)NC3=O)n2)CCN1. The van der Waals surface area contributed by atoms with Crippen molar-refractivity contribution in [3.8, 4) is 0 Å². The second-order valence-corrected chi connectivity index (χ2v) is 6.08. The topological polar surface area (TPSA) is 101 Å². The summed E-state index contributed by atoms with van der Waals surface area (Å²) in [5.41, 5.74) is 0.584. The summed E-state index contributed by atoms with van der Waals surface area (Å²) < 4.78 is 0. The van der Waals surface area contributed by atoms with Crippen molar-refractivity contribution in [2.45, 2.75) is 25.2 Å². The number of carbonyl (C=O) groups is 3. The van der Waals surface area contributed by atoms with Crippen molar-refractivity contribution in [1.82, 2.24) is 20.6 Å². The molecule has 2 saturated heterocycles. The fourth-order valence-corrected chi connectivity index (χ4v) is 3.07. The van der Waals surface area contributed by atoms with Crippen LogP contribution in [0.2, 0.25) is 0 Å². The van der Waals surface area contributed by atoms with E-state index in [2.05, 4.69) is 20.6 Å². The third kappa shape index (κ3) is 3.33. The number of imide groups is 1. The summed E-state index contributed by atoms with van der Waals surface area (Å²) in [6.45, 7) is 0.616. The molecule has 22 heavy (non-hydrogen) atoms. The van der Waals surface area contributed by atoms with Crippen LogP contribution in [0.5, 0.6) is 0 Å². The molecule has 8 heteroatoms. The standard InChI is InChI=1S/C14H14N4O3S/c19-11-2-1-8(3-5-15-11)12-16-6-4-9(17-12)7-10-13(20)18-14(21)22-10/h4,6-8H,1-3,5H2,(H,15,19)(H,18,20,21). The maximum atomic E-state index is 11.5. The van der Waals surface area contributed by atoms with Gasteiger partial charge in [0.25, 0.3) is 11.1 Å². The number of aromatic nitrogens is 2. The van der Waals surface area contributed by atoms with Crippen LogP contribution in [-0.2, 0) is 9.59 Å². The Morgan fingerprint density at radius 1 is 1.27 bits per heavy atom. The third-order valence-corrected chi connectivity index (χ3v) is 4.33.